The van der Waals surface area contributed by atoms with Crippen LogP contribution in [0.15, 0.2) is 24.3 Å². The van der Waals surface area contributed by atoms with Gasteiger partial charge in [-0.2, -0.15) is 0 Å². The van der Waals surface area contributed by atoms with Crippen molar-refractivity contribution in [1.82, 2.24) is 0 Å². The Morgan fingerprint density at radius 1 is 1.35 bits per heavy atom. The highest BCUT2D eigenvalue weighted by Crippen LogP contribution is 2.29. The van der Waals surface area contributed by atoms with Crippen molar-refractivity contribution in [3.05, 3.63) is 29.8 Å². The van der Waals surface area contributed by atoms with Crippen LogP contribution in [0.2, 0.25) is 0 Å². The lowest BCUT2D eigenvalue weighted by Crippen LogP contribution is -2.32. The van der Waals surface area contributed by atoms with Crippen molar-refractivity contribution < 1.29 is 14.6 Å². The fraction of sp³-hybridized carbons (Fsp3) is 0.588. The summed E-state index contributed by atoms with van der Waals surface area (Å²) in [6.07, 6.45) is 4.06. The Hall–Kier alpha value is -1.51. The van der Waals surface area contributed by atoms with Gasteiger partial charge >= 0.3 is 5.97 Å². The number of aromatic carboxylic acids is 1. The van der Waals surface area contributed by atoms with Gasteiger partial charge in [0.05, 0.1) is 0 Å². The van der Waals surface area contributed by atoms with Gasteiger partial charge in [-0.15, -0.1) is 0 Å². The second-order valence-electron chi connectivity index (χ2n) is 5.99. The van der Waals surface area contributed by atoms with Gasteiger partial charge in [0.15, 0.2) is 0 Å². The molecular weight excluding hydrogens is 252 g/mol. The number of hydrogen-bond acceptors (Lipinski definition) is 2. The van der Waals surface area contributed by atoms with E-state index in [1.807, 2.05) is 6.07 Å². The molecule has 0 aliphatic carbocycles. The van der Waals surface area contributed by atoms with Crippen molar-refractivity contribution in [2.45, 2.75) is 59.0 Å². The average molecular weight is 278 g/mol. The van der Waals surface area contributed by atoms with E-state index in [2.05, 4.69) is 27.7 Å². The summed E-state index contributed by atoms with van der Waals surface area (Å²) in [5, 5.41) is 9.20. The van der Waals surface area contributed by atoms with Gasteiger partial charge in [0.2, 0.25) is 0 Å². The minimum Gasteiger partial charge on any atom is -0.487 e. The van der Waals surface area contributed by atoms with Gasteiger partial charge in [-0.25, -0.2) is 4.79 Å². The van der Waals surface area contributed by atoms with Crippen LogP contribution >= 0.6 is 0 Å². The van der Waals surface area contributed by atoms with Gasteiger partial charge in [0.25, 0.3) is 0 Å². The van der Waals surface area contributed by atoms with Crippen LogP contribution in [0.3, 0.4) is 0 Å². The molecule has 0 heterocycles. The molecule has 0 aliphatic rings. The van der Waals surface area contributed by atoms with E-state index in [0.717, 1.165) is 19.3 Å². The first-order valence-electron chi connectivity index (χ1n) is 7.39. The fourth-order valence-corrected chi connectivity index (χ4v) is 2.18. The molecule has 20 heavy (non-hydrogen) atoms. The molecule has 112 valence electrons. The lowest BCUT2D eigenvalue weighted by molar-refractivity contribution is 0.0609. The number of hydrogen-bond donors (Lipinski definition) is 1. The van der Waals surface area contributed by atoms with Gasteiger partial charge in [-0.1, -0.05) is 39.3 Å². The molecule has 1 aromatic carbocycles. The Labute approximate surface area is 122 Å². The van der Waals surface area contributed by atoms with Crippen LogP contribution in [-0.2, 0) is 0 Å². The molecule has 1 atom stereocenters. The Bertz CT molecular complexity index is 440. The van der Waals surface area contributed by atoms with Crippen molar-refractivity contribution in [3.63, 3.8) is 0 Å². The zero-order valence-corrected chi connectivity index (χ0v) is 13.0. The van der Waals surface area contributed by atoms with Crippen LogP contribution in [0.5, 0.6) is 5.75 Å². The first kappa shape index (κ1) is 16.5. The third-order valence-electron chi connectivity index (χ3n) is 3.71. The summed E-state index contributed by atoms with van der Waals surface area (Å²) >= 11 is 0. The minimum absolute atomic E-state index is 0.232. The molecular formula is C17H26O3. The van der Waals surface area contributed by atoms with E-state index in [-0.39, 0.29) is 11.2 Å². The summed E-state index contributed by atoms with van der Waals surface area (Å²) in [4.78, 5) is 11.2. The van der Waals surface area contributed by atoms with Crippen LogP contribution in [0.1, 0.15) is 63.7 Å². The smallest absolute Gasteiger partial charge is 0.339 e. The number of carboxylic acid groups (broad SMARTS) is 1. The van der Waals surface area contributed by atoms with E-state index in [0.29, 0.717) is 11.7 Å². The number of para-hydroxylation sites is 1. The van der Waals surface area contributed by atoms with E-state index in [4.69, 9.17) is 4.74 Å². The van der Waals surface area contributed by atoms with Crippen molar-refractivity contribution >= 4 is 5.97 Å². The summed E-state index contributed by atoms with van der Waals surface area (Å²) in [6.45, 7) is 8.57. The molecule has 0 saturated heterocycles. The molecule has 1 aromatic rings. The normalized spacial score (nSPS) is 14.1. The predicted octanol–water partition coefficient (Wildman–Crippen LogP) is 4.76. The molecule has 3 nitrogen and oxygen atoms in total. The average Bonchev–Trinajstić information content (AvgIpc) is 2.38. The molecule has 0 aromatic heterocycles. The number of benzene rings is 1. The molecule has 3 heteroatoms. The maximum absolute atomic E-state index is 11.2. The van der Waals surface area contributed by atoms with Crippen LogP contribution in [0, 0.1) is 5.92 Å². The quantitative estimate of drug-likeness (QED) is 0.745. The van der Waals surface area contributed by atoms with Gasteiger partial charge in [-0.05, 0) is 44.2 Å². The summed E-state index contributed by atoms with van der Waals surface area (Å²) in [5.74, 6) is 0.206. The largest absolute Gasteiger partial charge is 0.487 e. The Balaban J connectivity index is 2.79. The van der Waals surface area contributed by atoms with Crippen molar-refractivity contribution in [1.29, 1.82) is 0 Å². The second kappa shape index (κ2) is 7.32. The highest BCUT2D eigenvalue weighted by atomic mass is 16.5. The molecule has 0 radical (unpaired) electrons. The lowest BCUT2D eigenvalue weighted by atomic mass is 9.93. The lowest BCUT2D eigenvalue weighted by Gasteiger charge is -2.30. The van der Waals surface area contributed by atoms with E-state index >= 15 is 0 Å². The highest BCUT2D eigenvalue weighted by Gasteiger charge is 2.25. The van der Waals surface area contributed by atoms with E-state index < -0.39 is 5.97 Å². The molecule has 0 aliphatic heterocycles. The molecule has 1 N–H and O–H groups in total. The van der Waals surface area contributed by atoms with Gasteiger partial charge in [-0.3, -0.25) is 0 Å². The van der Waals surface area contributed by atoms with Gasteiger partial charge in [0, 0.05) is 0 Å². The van der Waals surface area contributed by atoms with E-state index in [9.17, 15) is 9.90 Å². The standard InChI is InChI=1S/C17H26O3/c1-5-17(4,12-8-9-13(2)3)20-15-11-7-6-10-14(15)16(18)19/h6-7,10-11,13H,5,8-9,12H2,1-4H3,(H,18,19). The molecule has 0 fully saturated rings. The van der Waals surface area contributed by atoms with Gasteiger partial charge in [0.1, 0.15) is 16.9 Å². The number of carboxylic acids is 1. The van der Waals surface area contributed by atoms with Crippen LogP contribution in [-0.4, -0.2) is 16.7 Å². The van der Waals surface area contributed by atoms with Crippen molar-refractivity contribution in [2.24, 2.45) is 5.92 Å². The zero-order valence-electron chi connectivity index (χ0n) is 13.0. The third kappa shape index (κ3) is 4.87. The first-order valence-corrected chi connectivity index (χ1v) is 7.39. The summed E-state index contributed by atoms with van der Waals surface area (Å²) < 4.78 is 6.04. The monoisotopic (exact) mass is 278 g/mol. The minimum atomic E-state index is -0.943. The maximum atomic E-state index is 11.2. The second-order valence-corrected chi connectivity index (χ2v) is 5.99. The molecule has 1 unspecified atom stereocenters. The molecule has 0 saturated carbocycles. The maximum Gasteiger partial charge on any atom is 0.339 e. The Kier molecular flexibility index (Phi) is 6.05. The fourth-order valence-electron chi connectivity index (χ4n) is 2.18. The summed E-state index contributed by atoms with van der Waals surface area (Å²) in [7, 11) is 0. The number of ether oxygens (including phenoxy) is 1. The Morgan fingerprint density at radius 2 is 2.00 bits per heavy atom. The van der Waals surface area contributed by atoms with Crippen molar-refractivity contribution in [3.8, 4) is 5.75 Å². The summed E-state index contributed by atoms with van der Waals surface area (Å²) in [5.41, 5.74) is -0.0727. The zero-order chi connectivity index (χ0) is 15.2. The number of rotatable bonds is 8. The van der Waals surface area contributed by atoms with E-state index in [1.54, 1.807) is 18.2 Å². The van der Waals surface area contributed by atoms with Crippen molar-refractivity contribution in [2.75, 3.05) is 0 Å². The van der Waals surface area contributed by atoms with Crippen LogP contribution in [0.4, 0.5) is 0 Å². The third-order valence-corrected chi connectivity index (χ3v) is 3.71. The topological polar surface area (TPSA) is 46.5 Å². The van der Waals surface area contributed by atoms with Crippen LogP contribution < -0.4 is 4.74 Å². The van der Waals surface area contributed by atoms with Gasteiger partial charge < -0.3 is 9.84 Å². The molecule has 0 spiro atoms. The number of carbonyl (C=O) groups is 1. The SMILES string of the molecule is CCC(C)(CCCC(C)C)Oc1ccccc1C(=O)O. The first-order chi connectivity index (χ1) is 9.38. The van der Waals surface area contributed by atoms with E-state index in [1.165, 1.54) is 6.42 Å². The Morgan fingerprint density at radius 3 is 2.55 bits per heavy atom. The predicted molar refractivity (Wildman–Crippen MR) is 81.4 cm³/mol. The highest BCUT2D eigenvalue weighted by molar-refractivity contribution is 5.90. The molecule has 0 amide bonds. The summed E-state index contributed by atoms with van der Waals surface area (Å²) in [6, 6.07) is 6.85. The molecule has 0 bridgehead atoms. The van der Waals surface area contributed by atoms with Crippen LogP contribution in [0.25, 0.3) is 0 Å². The molecule has 1 rings (SSSR count).